The van der Waals surface area contributed by atoms with Crippen LogP contribution in [-0.2, 0) is 4.79 Å². The fourth-order valence-corrected chi connectivity index (χ4v) is 2.90. The fraction of sp³-hybridized carbons (Fsp3) is 0.933. The smallest absolute Gasteiger partial charge is 0.223 e. The summed E-state index contributed by atoms with van der Waals surface area (Å²) in [7, 11) is 3.99. The molecule has 1 amide bonds. The van der Waals surface area contributed by atoms with Crippen LogP contribution in [0.15, 0.2) is 0 Å². The normalized spacial score (nSPS) is 19.8. The summed E-state index contributed by atoms with van der Waals surface area (Å²) in [5, 5.41) is 0. The van der Waals surface area contributed by atoms with Crippen LogP contribution in [0.2, 0.25) is 0 Å². The summed E-state index contributed by atoms with van der Waals surface area (Å²) in [6.07, 6.45) is 4.09. The number of nitrogens with two attached hydrogens (primary N) is 1. The summed E-state index contributed by atoms with van der Waals surface area (Å²) in [6.45, 7) is 7.94. The first kappa shape index (κ1) is 17.4. The van der Waals surface area contributed by atoms with Crippen molar-refractivity contribution in [2.75, 3.05) is 53.4 Å². The van der Waals surface area contributed by atoms with Gasteiger partial charge < -0.3 is 15.5 Å². The van der Waals surface area contributed by atoms with Crippen molar-refractivity contribution in [1.29, 1.82) is 0 Å². The first-order valence-corrected chi connectivity index (χ1v) is 7.95. The number of likely N-dealkylation sites (tertiary alicyclic amines) is 1. The monoisotopic (exact) mass is 284 g/mol. The van der Waals surface area contributed by atoms with Crippen LogP contribution in [0.3, 0.4) is 0 Å². The first-order valence-electron chi connectivity index (χ1n) is 7.95. The second kappa shape index (κ2) is 9.32. The molecule has 2 N–H and O–H groups in total. The molecule has 1 aliphatic rings. The summed E-state index contributed by atoms with van der Waals surface area (Å²) >= 11 is 0. The molecule has 1 saturated heterocycles. The zero-order chi connectivity index (χ0) is 15.0. The Morgan fingerprint density at radius 2 is 2.10 bits per heavy atom. The molecular weight excluding hydrogens is 252 g/mol. The van der Waals surface area contributed by atoms with E-state index in [-0.39, 0.29) is 5.91 Å². The van der Waals surface area contributed by atoms with Crippen LogP contribution in [0.25, 0.3) is 0 Å². The van der Waals surface area contributed by atoms with Crippen molar-refractivity contribution in [3.05, 3.63) is 0 Å². The lowest BCUT2D eigenvalue weighted by Crippen LogP contribution is -2.40. The molecule has 1 rings (SSSR count). The molecule has 1 atom stereocenters. The minimum Gasteiger partial charge on any atom is -0.346 e. The zero-order valence-electron chi connectivity index (χ0n) is 13.5. The molecule has 0 aliphatic carbocycles. The summed E-state index contributed by atoms with van der Waals surface area (Å²) in [6, 6.07) is 0.676. The fourth-order valence-electron chi connectivity index (χ4n) is 2.90. The topological polar surface area (TPSA) is 52.8 Å². The van der Waals surface area contributed by atoms with E-state index in [0.717, 1.165) is 32.6 Å². The molecular formula is C15H32N4O. The predicted octanol–water partition coefficient (Wildman–Crippen LogP) is 0.600. The largest absolute Gasteiger partial charge is 0.346 e. The molecule has 0 spiro atoms. The van der Waals surface area contributed by atoms with E-state index >= 15 is 0 Å². The predicted molar refractivity (Wildman–Crippen MR) is 83.7 cm³/mol. The SMILES string of the molecule is CCN1CCCC1CN(C)CCC(=O)N(C)CCCN. The van der Waals surface area contributed by atoms with Crippen LogP contribution >= 0.6 is 0 Å². The molecule has 0 radical (unpaired) electrons. The van der Waals surface area contributed by atoms with Crippen molar-refractivity contribution in [2.45, 2.75) is 38.6 Å². The Kier molecular flexibility index (Phi) is 8.11. The Labute approximate surface area is 124 Å². The molecule has 0 saturated carbocycles. The molecule has 1 aliphatic heterocycles. The van der Waals surface area contributed by atoms with Gasteiger partial charge in [0.25, 0.3) is 0 Å². The average Bonchev–Trinajstić information content (AvgIpc) is 2.89. The molecule has 118 valence electrons. The van der Waals surface area contributed by atoms with Crippen molar-refractivity contribution in [3.63, 3.8) is 0 Å². The molecule has 0 aromatic rings. The van der Waals surface area contributed by atoms with Gasteiger partial charge in [-0.15, -0.1) is 0 Å². The average molecular weight is 284 g/mol. The van der Waals surface area contributed by atoms with Crippen LogP contribution in [0.4, 0.5) is 0 Å². The van der Waals surface area contributed by atoms with E-state index in [1.54, 1.807) is 4.90 Å². The van der Waals surface area contributed by atoms with Gasteiger partial charge in [0.1, 0.15) is 0 Å². The van der Waals surface area contributed by atoms with Crippen molar-refractivity contribution in [2.24, 2.45) is 5.73 Å². The third-order valence-electron chi connectivity index (χ3n) is 4.26. The lowest BCUT2D eigenvalue weighted by molar-refractivity contribution is -0.130. The second-order valence-electron chi connectivity index (χ2n) is 5.89. The standard InChI is InChI=1S/C15H32N4O/c1-4-19-11-5-7-14(19)13-17(2)12-8-15(20)18(3)10-6-9-16/h14H,4-13,16H2,1-3H3. The van der Waals surface area contributed by atoms with Gasteiger partial charge in [-0.3, -0.25) is 9.69 Å². The molecule has 1 fully saturated rings. The van der Waals surface area contributed by atoms with E-state index in [0.29, 0.717) is 19.0 Å². The number of hydrogen-bond acceptors (Lipinski definition) is 4. The maximum absolute atomic E-state index is 12.0. The highest BCUT2D eigenvalue weighted by atomic mass is 16.2. The lowest BCUT2D eigenvalue weighted by atomic mass is 10.2. The van der Waals surface area contributed by atoms with Gasteiger partial charge in [-0.2, -0.15) is 0 Å². The number of likely N-dealkylation sites (N-methyl/N-ethyl adjacent to an activating group) is 2. The van der Waals surface area contributed by atoms with Crippen molar-refractivity contribution < 1.29 is 4.79 Å². The number of hydrogen-bond donors (Lipinski definition) is 1. The van der Waals surface area contributed by atoms with Gasteiger partial charge in [0, 0.05) is 39.1 Å². The maximum atomic E-state index is 12.0. The highest BCUT2D eigenvalue weighted by molar-refractivity contribution is 5.76. The van der Waals surface area contributed by atoms with Gasteiger partial charge >= 0.3 is 0 Å². The Balaban J connectivity index is 2.22. The van der Waals surface area contributed by atoms with Crippen LogP contribution in [0.1, 0.15) is 32.6 Å². The van der Waals surface area contributed by atoms with Crippen molar-refractivity contribution in [1.82, 2.24) is 14.7 Å². The minimum absolute atomic E-state index is 0.226. The van der Waals surface area contributed by atoms with Crippen LogP contribution < -0.4 is 5.73 Å². The van der Waals surface area contributed by atoms with E-state index < -0.39 is 0 Å². The van der Waals surface area contributed by atoms with Crippen LogP contribution in [0, 0.1) is 0 Å². The van der Waals surface area contributed by atoms with E-state index in [9.17, 15) is 4.79 Å². The minimum atomic E-state index is 0.226. The Bertz CT molecular complexity index is 285. The van der Waals surface area contributed by atoms with E-state index in [2.05, 4.69) is 23.8 Å². The summed E-state index contributed by atoms with van der Waals surface area (Å²) in [5.41, 5.74) is 5.47. The first-order chi connectivity index (χ1) is 9.58. The van der Waals surface area contributed by atoms with Gasteiger partial charge in [0.05, 0.1) is 0 Å². The number of carbonyl (C=O) groups excluding carboxylic acids is 1. The Morgan fingerprint density at radius 1 is 1.35 bits per heavy atom. The van der Waals surface area contributed by atoms with E-state index in [1.807, 2.05) is 7.05 Å². The summed E-state index contributed by atoms with van der Waals surface area (Å²) < 4.78 is 0. The van der Waals surface area contributed by atoms with E-state index in [1.165, 1.54) is 19.4 Å². The second-order valence-corrected chi connectivity index (χ2v) is 5.89. The van der Waals surface area contributed by atoms with Gasteiger partial charge in [0.2, 0.25) is 5.91 Å². The van der Waals surface area contributed by atoms with Gasteiger partial charge in [-0.05, 0) is 45.9 Å². The third kappa shape index (κ3) is 5.77. The van der Waals surface area contributed by atoms with Gasteiger partial charge in [-0.1, -0.05) is 6.92 Å². The number of nitrogens with zero attached hydrogens (tertiary/aromatic N) is 3. The number of rotatable bonds is 9. The number of amides is 1. The Morgan fingerprint density at radius 3 is 2.75 bits per heavy atom. The molecule has 5 heteroatoms. The number of carbonyl (C=O) groups is 1. The maximum Gasteiger partial charge on any atom is 0.223 e. The summed E-state index contributed by atoms with van der Waals surface area (Å²) in [4.78, 5) is 18.6. The molecule has 20 heavy (non-hydrogen) atoms. The Hall–Kier alpha value is -0.650. The highest BCUT2D eigenvalue weighted by Gasteiger charge is 2.24. The quantitative estimate of drug-likeness (QED) is 0.674. The molecule has 1 heterocycles. The van der Waals surface area contributed by atoms with Crippen LogP contribution in [0.5, 0.6) is 0 Å². The zero-order valence-corrected chi connectivity index (χ0v) is 13.5. The molecule has 0 bridgehead atoms. The lowest BCUT2D eigenvalue weighted by Gasteiger charge is -2.28. The molecule has 1 unspecified atom stereocenters. The highest BCUT2D eigenvalue weighted by Crippen LogP contribution is 2.17. The third-order valence-corrected chi connectivity index (χ3v) is 4.26. The molecule has 0 aromatic heterocycles. The van der Waals surface area contributed by atoms with Gasteiger partial charge in [0.15, 0.2) is 0 Å². The van der Waals surface area contributed by atoms with Crippen LogP contribution in [-0.4, -0.2) is 80.0 Å². The van der Waals surface area contributed by atoms with Crippen molar-refractivity contribution in [3.8, 4) is 0 Å². The van der Waals surface area contributed by atoms with Crippen molar-refractivity contribution >= 4 is 5.91 Å². The van der Waals surface area contributed by atoms with E-state index in [4.69, 9.17) is 5.73 Å². The summed E-state index contributed by atoms with van der Waals surface area (Å²) in [5.74, 6) is 0.226. The molecule has 0 aromatic carbocycles. The van der Waals surface area contributed by atoms with Gasteiger partial charge in [-0.25, -0.2) is 0 Å². The molecule has 5 nitrogen and oxygen atoms in total.